The number of nitrogens with one attached hydrogen (secondary N) is 2. The highest BCUT2D eigenvalue weighted by Gasteiger charge is 2.11. The Morgan fingerprint density at radius 2 is 1.38 bits per heavy atom. The summed E-state index contributed by atoms with van der Waals surface area (Å²) < 4.78 is 5.13. The van der Waals surface area contributed by atoms with Crippen LogP contribution in [0.1, 0.15) is 11.1 Å². The van der Waals surface area contributed by atoms with Gasteiger partial charge in [-0.15, -0.1) is 0 Å². The lowest BCUT2D eigenvalue weighted by molar-refractivity contribution is -0.118. The topological polar surface area (TPSA) is 67.4 Å². The highest BCUT2D eigenvalue weighted by atomic mass is 16.5. The lowest BCUT2D eigenvalue weighted by Crippen LogP contribution is -2.29. The van der Waals surface area contributed by atoms with Crippen molar-refractivity contribution in [3.63, 3.8) is 0 Å². The molecular formula is C27H24N2O3. The highest BCUT2D eigenvalue weighted by molar-refractivity contribution is 6.07. The van der Waals surface area contributed by atoms with Gasteiger partial charge in [0.15, 0.2) is 0 Å². The van der Waals surface area contributed by atoms with Crippen molar-refractivity contribution in [2.45, 2.75) is 0 Å². The summed E-state index contributed by atoms with van der Waals surface area (Å²) in [5.41, 5.74) is 2.58. The van der Waals surface area contributed by atoms with Crippen molar-refractivity contribution >= 4 is 29.7 Å². The van der Waals surface area contributed by atoms with E-state index in [9.17, 15) is 9.59 Å². The van der Waals surface area contributed by atoms with Gasteiger partial charge in [0, 0.05) is 11.8 Å². The monoisotopic (exact) mass is 424 g/mol. The molecule has 0 saturated carbocycles. The summed E-state index contributed by atoms with van der Waals surface area (Å²) in [6, 6.07) is 26.1. The van der Waals surface area contributed by atoms with Crippen LogP contribution in [0.25, 0.3) is 12.2 Å². The van der Waals surface area contributed by atoms with Crippen LogP contribution in [0.3, 0.4) is 0 Å². The Morgan fingerprint density at radius 1 is 0.781 bits per heavy atom. The van der Waals surface area contributed by atoms with Gasteiger partial charge in [-0.3, -0.25) is 9.59 Å². The Hall–Kier alpha value is -4.38. The molecule has 0 fully saturated rings. The number of carbonyl (C=O) groups is 2. The van der Waals surface area contributed by atoms with Crippen molar-refractivity contribution in [1.82, 2.24) is 5.32 Å². The number of benzene rings is 3. The van der Waals surface area contributed by atoms with Crippen LogP contribution in [-0.4, -0.2) is 18.9 Å². The molecule has 3 aromatic carbocycles. The minimum absolute atomic E-state index is 0.121. The molecule has 0 atom stereocenters. The van der Waals surface area contributed by atoms with Crippen LogP contribution >= 0.6 is 0 Å². The molecule has 32 heavy (non-hydrogen) atoms. The fraction of sp³-hybridized carbons (Fsp3) is 0.0370. The number of hydrogen-bond acceptors (Lipinski definition) is 3. The van der Waals surface area contributed by atoms with Crippen molar-refractivity contribution in [2.24, 2.45) is 0 Å². The molecule has 2 amide bonds. The van der Waals surface area contributed by atoms with Gasteiger partial charge in [0.2, 0.25) is 5.91 Å². The number of ether oxygens (including phenoxy) is 1. The summed E-state index contributed by atoms with van der Waals surface area (Å²) in [5, 5.41) is 5.45. The Kier molecular flexibility index (Phi) is 8.17. The summed E-state index contributed by atoms with van der Waals surface area (Å²) in [7, 11) is 1.58. The van der Waals surface area contributed by atoms with Gasteiger partial charge in [-0.2, -0.15) is 0 Å². The third kappa shape index (κ3) is 7.15. The third-order valence-corrected chi connectivity index (χ3v) is 4.43. The van der Waals surface area contributed by atoms with Crippen molar-refractivity contribution in [1.29, 1.82) is 0 Å². The van der Waals surface area contributed by atoms with E-state index >= 15 is 0 Å². The van der Waals surface area contributed by atoms with Crippen LogP contribution in [0.2, 0.25) is 0 Å². The minimum atomic E-state index is -0.436. The van der Waals surface area contributed by atoms with Crippen LogP contribution in [0.5, 0.6) is 5.75 Å². The van der Waals surface area contributed by atoms with E-state index in [1.165, 1.54) is 6.08 Å². The van der Waals surface area contributed by atoms with Crippen LogP contribution in [0, 0.1) is 0 Å². The molecule has 0 unspecified atom stereocenters. The molecule has 0 saturated heterocycles. The maximum atomic E-state index is 12.8. The quantitative estimate of drug-likeness (QED) is 0.392. The maximum Gasteiger partial charge on any atom is 0.272 e. The van der Waals surface area contributed by atoms with E-state index in [0.29, 0.717) is 11.4 Å². The number of allylic oxidation sites excluding steroid dienone is 2. The second-order valence-corrected chi connectivity index (χ2v) is 6.77. The van der Waals surface area contributed by atoms with Crippen LogP contribution in [0.4, 0.5) is 5.69 Å². The largest absolute Gasteiger partial charge is 0.497 e. The maximum absolute atomic E-state index is 12.8. The molecule has 3 aromatic rings. The molecule has 0 aliphatic carbocycles. The molecule has 0 spiro atoms. The highest BCUT2D eigenvalue weighted by Crippen LogP contribution is 2.15. The van der Waals surface area contributed by atoms with E-state index in [-0.39, 0.29) is 5.70 Å². The molecule has 2 N–H and O–H groups in total. The molecule has 0 aromatic heterocycles. The van der Waals surface area contributed by atoms with Gasteiger partial charge >= 0.3 is 0 Å². The molecule has 5 heteroatoms. The average molecular weight is 425 g/mol. The number of hydrogen-bond donors (Lipinski definition) is 2. The second-order valence-electron chi connectivity index (χ2n) is 6.77. The molecule has 0 bridgehead atoms. The van der Waals surface area contributed by atoms with E-state index in [4.69, 9.17) is 4.74 Å². The molecule has 0 aliphatic rings. The first-order valence-electron chi connectivity index (χ1n) is 10.1. The molecule has 0 aliphatic heterocycles. The lowest BCUT2D eigenvalue weighted by Gasteiger charge is -2.10. The summed E-state index contributed by atoms with van der Waals surface area (Å²) >= 11 is 0. The van der Waals surface area contributed by atoms with E-state index in [0.717, 1.165) is 11.1 Å². The number of methoxy groups -OCH3 is 1. The SMILES string of the molecule is COc1ccc(NC(=O)/C(=C/C=C/c2ccccc2)NC(=O)/C=C/c2ccccc2)cc1. The van der Waals surface area contributed by atoms with Gasteiger partial charge in [-0.25, -0.2) is 0 Å². The predicted molar refractivity (Wildman–Crippen MR) is 129 cm³/mol. The molecule has 5 nitrogen and oxygen atoms in total. The zero-order valence-electron chi connectivity index (χ0n) is 17.7. The standard InChI is InChI=1S/C27H24N2O3/c1-32-24-18-16-23(17-19-24)28-27(31)25(14-8-13-21-9-4-2-5-10-21)29-26(30)20-15-22-11-6-3-7-12-22/h2-20H,1H3,(H,28,31)(H,29,30)/b13-8+,20-15+,25-14-. The van der Waals surface area contributed by atoms with E-state index in [1.54, 1.807) is 49.6 Å². The van der Waals surface area contributed by atoms with Crippen molar-refractivity contribution in [2.75, 3.05) is 12.4 Å². The normalized spacial score (nSPS) is 11.5. The Bertz CT molecular complexity index is 1120. The summed E-state index contributed by atoms with van der Waals surface area (Å²) in [5.74, 6) is -0.156. The minimum Gasteiger partial charge on any atom is -0.497 e. The van der Waals surface area contributed by atoms with Crippen LogP contribution in [-0.2, 0) is 9.59 Å². The molecular weight excluding hydrogens is 400 g/mol. The first-order chi connectivity index (χ1) is 15.6. The van der Waals surface area contributed by atoms with E-state index in [1.807, 2.05) is 66.7 Å². The van der Waals surface area contributed by atoms with E-state index < -0.39 is 11.8 Å². The molecule has 0 heterocycles. The average Bonchev–Trinajstić information content (AvgIpc) is 2.84. The second kappa shape index (κ2) is 11.7. The van der Waals surface area contributed by atoms with Crippen molar-refractivity contribution in [3.8, 4) is 5.75 Å². The van der Waals surface area contributed by atoms with Gasteiger partial charge in [0.1, 0.15) is 11.4 Å². The lowest BCUT2D eigenvalue weighted by atomic mass is 10.2. The Balaban J connectivity index is 1.75. The zero-order valence-corrected chi connectivity index (χ0v) is 17.7. The van der Waals surface area contributed by atoms with Crippen LogP contribution < -0.4 is 15.4 Å². The fourth-order valence-corrected chi connectivity index (χ4v) is 2.78. The first-order valence-corrected chi connectivity index (χ1v) is 10.1. The smallest absolute Gasteiger partial charge is 0.272 e. The summed E-state index contributed by atoms with van der Waals surface area (Å²) in [6.07, 6.45) is 8.23. The zero-order chi connectivity index (χ0) is 22.6. The van der Waals surface area contributed by atoms with Gasteiger partial charge in [0.25, 0.3) is 5.91 Å². The predicted octanol–water partition coefficient (Wildman–Crippen LogP) is 5.06. The van der Waals surface area contributed by atoms with Gasteiger partial charge in [-0.05, 0) is 47.5 Å². The Morgan fingerprint density at radius 3 is 1.97 bits per heavy atom. The van der Waals surface area contributed by atoms with Crippen molar-refractivity contribution in [3.05, 3.63) is 120 Å². The van der Waals surface area contributed by atoms with E-state index in [2.05, 4.69) is 10.6 Å². The van der Waals surface area contributed by atoms with Gasteiger partial charge in [0.05, 0.1) is 7.11 Å². The molecule has 160 valence electrons. The number of rotatable bonds is 8. The third-order valence-electron chi connectivity index (χ3n) is 4.43. The Labute approximate surface area is 187 Å². The number of amides is 2. The van der Waals surface area contributed by atoms with Crippen molar-refractivity contribution < 1.29 is 14.3 Å². The first kappa shape index (κ1) is 22.3. The summed E-state index contributed by atoms with van der Waals surface area (Å²) in [6.45, 7) is 0. The van der Waals surface area contributed by atoms with Gasteiger partial charge < -0.3 is 15.4 Å². The number of carbonyl (C=O) groups excluding carboxylic acids is 2. The summed E-state index contributed by atoms with van der Waals surface area (Å²) in [4.78, 5) is 25.3. The van der Waals surface area contributed by atoms with Crippen LogP contribution in [0.15, 0.2) is 109 Å². The molecule has 3 rings (SSSR count). The molecule has 0 radical (unpaired) electrons. The number of anilines is 1. The fourth-order valence-electron chi connectivity index (χ4n) is 2.78. The van der Waals surface area contributed by atoms with Gasteiger partial charge in [-0.1, -0.05) is 72.8 Å².